The van der Waals surface area contributed by atoms with Gasteiger partial charge in [0.2, 0.25) is 0 Å². The summed E-state index contributed by atoms with van der Waals surface area (Å²) in [5, 5.41) is 9.50. The molecule has 1 saturated heterocycles. The maximum atomic E-state index is 9.50. The predicted molar refractivity (Wildman–Crippen MR) is 44.3 cm³/mol. The lowest BCUT2D eigenvalue weighted by atomic mass is 9.95. The Hall–Kier alpha value is -0.340. The molecule has 0 aliphatic carbocycles. The van der Waals surface area contributed by atoms with Gasteiger partial charge in [0.25, 0.3) is 0 Å². The van der Waals surface area contributed by atoms with Gasteiger partial charge in [-0.2, -0.15) is 0 Å². The zero-order valence-corrected chi connectivity index (χ0v) is 6.99. The minimum Gasteiger partial charge on any atom is -0.390 e. The van der Waals surface area contributed by atoms with Crippen LogP contribution in [0.3, 0.4) is 0 Å². The summed E-state index contributed by atoms with van der Waals surface area (Å²) in [5.74, 6) is 0.255. The summed E-state index contributed by atoms with van der Waals surface area (Å²) in [4.78, 5) is 0. The molecule has 1 rings (SSSR count). The second-order valence-electron chi connectivity index (χ2n) is 3.14. The predicted octanol–water partition coefficient (Wildman–Crippen LogP) is 1.35. The van der Waals surface area contributed by atoms with Gasteiger partial charge in [-0.15, -0.1) is 6.58 Å². The summed E-state index contributed by atoms with van der Waals surface area (Å²) in [5.41, 5.74) is 0. The Morgan fingerprint density at radius 1 is 1.73 bits per heavy atom. The number of aliphatic hydroxyl groups is 1. The molecule has 0 aromatic heterocycles. The fraction of sp³-hybridized carbons (Fsp3) is 0.778. The largest absolute Gasteiger partial charge is 0.390 e. The van der Waals surface area contributed by atoms with Crippen molar-refractivity contribution >= 4 is 0 Å². The molecular weight excluding hydrogens is 140 g/mol. The van der Waals surface area contributed by atoms with Crippen LogP contribution in [-0.2, 0) is 4.74 Å². The quantitative estimate of drug-likeness (QED) is 0.611. The van der Waals surface area contributed by atoms with Gasteiger partial charge < -0.3 is 9.84 Å². The summed E-state index contributed by atoms with van der Waals surface area (Å²) in [6.07, 6.45) is 3.35. The molecular formula is C9H16O2. The minimum atomic E-state index is -0.295. The first-order valence-corrected chi connectivity index (χ1v) is 4.18. The Bertz CT molecular complexity index is 134. The Morgan fingerprint density at radius 2 is 2.45 bits per heavy atom. The van der Waals surface area contributed by atoms with Crippen LogP contribution in [0.1, 0.15) is 19.8 Å². The van der Waals surface area contributed by atoms with Crippen LogP contribution in [0.15, 0.2) is 12.7 Å². The van der Waals surface area contributed by atoms with Gasteiger partial charge in [0.15, 0.2) is 0 Å². The van der Waals surface area contributed by atoms with E-state index in [0.29, 0.717) is 0 Å². The first kappa shape index (κ1) is 8.75. The Balaban J connectivity index is 2.46. The molecule has 2 heteroatoms. The van der Waals surface area contributed by atoms with Crippen LogP contribution in [0.4, 0.5) is 0 Å². The number of ether oxygens (including phenoxy) is 1. The normalized spacial score (nSPS) is 34.7. The third kappa shape index (κ3) is 2.04. The maximum Gasteiger partial charge on any atom is 0.0893 e. The molecule has 1 N–H and O–H groups in total. The average molecular weight is 156 g/mol. The first-order chi connectivity index (χ1) is 5.25. The molecule has 0 saturated carbocycles. The van der Waals surface area contributed by atoms with Crippen molar-refractivity contribution in [1.82, 2.24) is 0 Å². The van der Waals surface area contributed by atoms with Gasteiger partial charge >= 0.3 is 0 Å². The lowest BCUT2D eigenvalue weighted by Crippen LogP contribution is -2.38. The topological polar surface area (TPSA) is 29.5 Å². The van der Waals surface area contributed by atoms with Crippen molar-refractivity contribution in [3.63, 3.8) is 0 Å². The van der Waals surface area contributed by atoms with E-state index in [1.54, 1.807) is 0 Å². The van der Waals surface area contributed by atoms with E-state index in [-0.39, 0.29) is 18.1 Å². The van der Waals surface area contributed by atoms with Crippen molar-refractivity contribution in [3.8, 4) is 0 Å². The fourth-order valence-electron chi connectivity index (χ4n) is 1.42. The van der Waals surface area contributed by atoms with E-state index >= 15 is 0 Å². The Kier molecular flexibility index (Phi) is 3.09. The molecule has 0 aromatic carbocycles. The highest BCUT2D eigenvalue weighted by atomic mass is 16.5. The van der Waals surface area contributed by atoms with E-state index in [1.165, 1.54) is 0 Å². The molecule has 1 fully saturated rings. The van der Waals surface area contributed by atoms with Crippen LogP contribution >= 0.6 is 0 Å². The molecule has 0 amide bonds. The van der Waals surface area contributed by atoms with Crippen molar-refractivity contribution in [2.75, 3.05) is 6.61 Å². The second-order valence-corrected chi connectivity index (χ2v) is 3.14. The molecule has 0 unspecified atom stereocenters. The fourth-order valence-corrected chi connectivity index (χ4v) is 1.42. The second kappa shape index (κ2) is 3.88. The number of aliphatic hydroxyl groups excluding tert-OH is 1. The Labute approximate surface area is 67.9 Å². The molecule has 11 heavy (non-hydrogen) atoms. The van der Waals surface area contributed by atoms with Gasteiger partial charge in [0.1, 0.15) is 0 Å². The lowest BCUT2D eigenvalue weighted by molar-refractivity contribution is -0.0892. The molecule has 0 bridgehead atoms. The Morgan fingerprint density at radius 3 is 3.00 bits per heavy atom. The number of hydrogen-bond acceptors (Lipinski definition) is 2. The van der Waals surface area contributed by atoms with E-state index < -0.39 is 0 Å². The molecule has 1 aliphatic heterocycles. The average Bonchev–Trinajstić information content (AvgIpc) is 2.04. The van der Waals surface area contributed by atoms with E-state index in [9.17, 15) is 5.11 Å². The van der Waals surface area contributed by atoms with Crippen LogP contribution in [0.5, 0.6) is 0 Å². The van der Waals surface area contributed by atoms with Crippen LogP contribution in [-0.4, -0.2) is 23.9 Å². The highest BCUT2D eigenvalue weighted by Gasteiger charge is 2.26. The van der Waals surface area contributed by atoms with Crippen molar-refractivity contribution < 1.29 is 9.84 Å². The maximum absolute atomic E-state index is 9.50. The van der Waals surface area contributed by atoms with Gasteiger partial charge in [-0.05, 0) is 12.8 Å². The van der Waals surface area contributed by atoms with Gasteiger partial charge in [-0.3, -0.25) is 0 Å². The van der Waals surface area contributed by atoms with Gasteiger partial charge in [-0.1, -0.05) is 13.0 Å². The summed E-state index contributed by atoms with van der Waals surface area (Å²) in [6, 6.07) is 0. The first-order valence-electron chi connectivity index (χ1n) is 4.18. The van der Waals surface area contributed by atoms with Crippen LogP contribution in [0.2, 0.25) is 0 Å². The molecule has 1 heterocycles. The molecule has 3 atom stereocenters. The number of hydrogen-bond donors (Lipinski definition) is 1. The highest BCUT2D eigenvalue weighted by Crippen LogP contribution is 2.20. The molecule has 2 nitrogen and oxygen atoms in total. The van der Waals surface area contributed by atoms with E-state index in [1.807, 2.05) is 13.0 Å². The monoisotopic (exact) mass is 156 g/mol. The van der Waals surface area contributed by atoms with Crippen LogP contribution in [0.25, 0.3) is 0 Å². The zero-order valence-electron chi connectivity index (χ0n) is 6.99. The molecule has 1 aliphatic rings. The van der Waals surface area contributed by atoms with E-state index in [2.05, 4.69) is 6.58 Å². The summed E-state index contributed by atoms with van der Waals surface area (Å²) in [7, 11) is 0. The van der Waals surface area contributed by atoms with Crippen molar-refractivity contribution in [1.29, 1.82) is 0 Å². The smallest absolute Gasteiger partial charge is 0.0893 e. The standard InChI is InChI=1S/C9H16O2/c1-3-7(2)9-8(10)5-4-6-11-9/h3,7-10H,1,4-6H2,2H3/t7-,8+,9-/m0/s1. The van der Waals surface area contributed by atoms with Crippen molar-refractivity contribution in [2.45, 2.75) is 32.0 Å². The molecule has 0 aromatic rings. The third-order valence-corrected chi connectivity index (χ3v) is 2.22. The van der Waals surface area contributed by atoms with Gasteiger partial charge in [-0.25, -0.2) is 0 Å². The third-order valence-electron chi connectivity index (χ3n) is 2.22. The van der Waals surface area contributed by atoms with Gasteiger partial charge in [0.05, 0.1) is 12.2 Å². The molecule has 0 radical (unpaired) electrons. The number of rotatable bonds is 2. The minimum absolute atomic E-state index is 0.0266. The van der Waals surface area contributed by atoms with Crippen LogP contribution in [0, 0.1) is 5.92 Å². The summed E-state index contributed by atoms with van der Waals surface area (Å²) in [6.45, 7) is 6.48. The zero-order chi connectivity index (χ0) is 8.27. The van der Waals surface area contributed by atoms with Gasteiger partial charge in [0, 0.05) is 12.5 Å². The van der Waals surface area contributed by atoms with E-state index in [4.69, 9.17) is 4.74 Å². The van der Waals surface area contributed by atoms with Crippen LogP contribution < -0.4 is 0 Å². The molecule has 0 spiro atoms. The van der Waals surface area contributed by atoms with Crippen molar-refractivity contribution in [3.05, 3.63) is 12.7 Å². The molecule has 64 valence electrons. The summed E-state index contributed by atoms with van der Waals surface area (Å²) >= 11 is 0. The van der Waals surface area contributed by atoms with E-state index in [0.717, 1.165) is 19.4 Å². The highest BCUT2D eigenvalue weighted by molar-refractivity contribution is 4.87. The summed E-state index contributed by atoms with van der Waals surface area (Å²) < 4.78 is 5.42. The van der Waals surface area contributed by atoms with Crippen molar-refractivity contribution in [2.24, 2.45) is 5.92 Å². The SMILES string of the molecule is C=C[C@H](C)[C@@H]1OCCC[C@H]1O. The lowest BCUT2D eigenvalue weighted by Gasteiger charge is -2.31.